The third-order valence-electron chi connectivity index (χ3n) is 5.88. The number of benzene rings is 2. The summed E-state index contributed by atoms with van der Waals surface area (Å²) in [5, 5.41) is 11.2. The molecule has 1 amide bonds. The van der Waals surface area contributed by atoms with Gasteiger partial charge in [0, 0.05) is 25.7 Å². The van der Waals surface area contributed by atoms with Crippen molar-refractivity contribution in [2.24, 2.45) is 0 Å². The number of carbonyl (C=O) groups excluding carboxylic acids is 1. The molecule has 0 aliphatic carbocycles. The van der Waals surface area contributed by atoms with Gasteiger partial charge < -0.3 is 4.90 Å². The fourth-order valence-electron chi connectivity index (χ4n) is 4.07. The molecule has 4 rings (SSSR count). The second-order valence-corrected chi connectivity index (χ2v) is 8.17. The van der Waals surface area contributed by atoms with Crippen LogP contribution in [0.15, 0.2) is 54.9 Å². The summed E-state index contributed by atoms with van der Waals surface area (Å²) >= 11 is 0. The Hall–Kier alpha value is -3.17. The molecule has 168 valence electrons. The van der Waals surface area contributed by atoms with Crippen LogP contribution in [0.4, 0.5) is 4.39 Å². The van der Waals surface area contributed by atoms with Gasteiger partial charge in [0.15, 0.2) is 0 Å². The fourth-order valence-corrected chi connectivity index (χ4v) is 4.07. The minimum atomic E-state index is -0.210. The molecule has 1 saturated heterocycles. The van der Waals surface area contributed by atoms with Gasteiger partial charge in [0.2, 0.25) is 0 Å². The van der Waals surface area contributed by atoms with Crippen LogP contribution in [0.5, 0.6) is 0 Å². The number of para-hydroxylation sites is 1. The van der Waals surface area contributed by atoms with E-state index in [2.05, 4.69) is 26.4 Å². The summed E-state index contributed by atoms with van der Waals surface area (Å²) in [6.45, 7) is 0.692. The first-order valence-corrected chi connectivity index (χ1v) is 11.0. The molecule has 2 aromatic carbocycles. The zero-order valence-electron chi connectivity index (χ0n) is 18.1. The summed E-state index contributed by atoms with van der Waals surface area (Å²) in [6, 6.07) is 14.6. The first-order valence-electron chi connectivity index (χ1n) is 11.0. The van der Waals surface area contributed by atoms with Crippen LogP contribution in [-0.2, 0) is 0 Å². The number of halogens is 1. The number of carbonyl (C=O) groups is 1. The number of unbranched alkanes of at least 4 members (excludes halogenated alkanes) is 2. The Kier molecular flexibility index (Phi) is 7.18. The van der Waals surface area contributed by atoms with Crippen molar-refractivity contribution >= 4 is 5.91 Å². The molecule has 0 spiro atoms. The van der Waals surface area contributed by atoms with Gasteiger partial charge in [0.25, 0.3) is 5.91 Å². The second kappa shape index (κ2) is 10.4. The number of hydrazine groups is 1. The molecule has 2 heterocycles. The highest BCUT2D eigenvalue weighted by atomic mass is 19.1. The predicted octanol–water partition coefficient (Wildman–Crippen LogP) is 3.04. The van der Waals surface area contributed by atoms with Crippen molar-refractivity contribution in [2.75, 3.05) is 13.6 Å². The highest BCUT2D eigenvalue weighted by Gasteiger charge is 2.24. The minimum absolute atomic E-state index is 0.0418. The van der Waals surface area contributed by atoms with Crippen LogP contribution in [0, 0.1) is 5.82 Å². The lowest BCUT2D eigenvalue weighted by Gasteiger charge is -2.19. The van der Waals surface area contributed by atoms with Crippen LogP contribution in [0.3, 0.4) is 0 Å². The zero-order valence-corrected chi connectivity index (χ0v) is 18.1. The number of aromatic nitrogens is 4. The van der Waals surface area contributed by atoms with Crippen molar-refractivity contribution in [2.45, 2.75) is 44.2 Å². The number of hydrogen-bond donors (Lipinski definition) is 2. The Morgan fingerprint density at radius 1 is 1.12 bits per heavy atom. The molecule has 3 aromatic rings. The van der Waals surface area contributed by atoms with Crippen molar-refractivity contribution in [3.05, 3.63) is 71.8 Å². The predicted molar refractivity (Wildman–Crippen MR) is 118 cm³/mol. The molecule has 32 heavy (non-hydrogen) atoms. The molecule has 1 aliphatic rings. The number of rotatable bonds is 9. The average molecular weight is 438 g/mol. The largest absolute Gasteiger partial charge is 0.342 e. The van der Waals surface area contributed by atoms with E-state index in [1.54, 1.807) is 11.0 Å². The molecule has 2 N–H and O–H groups in total. The summed E-state index contributed by atoms with van der Waals surface area (Å²) in [7, 11) is 1.83. The monoisotopic (exact) mass is 437 g/mol. The van der Waals surface area contributed by atoms with Gasteiger partial charge in [-0.2, -0.15) is 4.68 Å². The maximum absolute atomic E-state index is 13.1. The zero-order chi connectivity index (χ0) is 22.3. The molecule has 8 nitrogen and oxygen atoms in total. The summed E-state index contributed by atoms with van der Waals surface area (Å²) < 4.78 is 14.6. The van der Waals surface area contributed by atoms with Crippen LogP contribution in [0.2, 0.25) is 0 Å². The first kappa shape index (κ1) is 22.0. The molecule has 1 fully saturated rings. The van der Waals surface area contributed by atoms with Crippen molar-refractivity contribution in [1.82, 2.24) is 36.0 Å². The number of amides is 1. The molecule has 2 unspecified atom stereocenters. The van der Waals surface area contributed by atoms with Crippen molar-refractivity contribution in [1.29, 1.82) is 0 Å². The topological polar surface area (TPSA) is 88.0 Å². The van der Waals surface area contributed by atoms with E-state index < -0.39 is 0 Å². The van der Waals surface area contributed by atoms with Crippen LogP contribution in [0.25, 0.3) is 5.69 Å². The quantitative estimate of drug-likeness (QED) is 0.501. The van der Waals surface area contributed by atoms with Gasteiger partial charge in [-0.05, 0) is 59.5 Å². The average Bonchev–Trinajstić information content (AvgIpc) is 3.51. The Bertz CT molecular complexity index is 1010. The van der Waals surface area contributed by atoms with E-state index in [-0.39, 0.29) is 17.8 Å². The van der Waals surface area contributed by atoms with Crippen LogP contribution < -0.4 is 10.9 Å². The first-order chi connectivity index (χ1) is 15.6. The van der Waals surface area contributed by atoms with Gasteiger partial charge in [0.05, 0.1) is 11.3 Å². The Morgan fingerprint density at radius 3 is 2.72 bits per heavy atom. The maximum atomic E-state index is 13.1. The van der Waals surface area contributed by atoms with Gasteiger partial charge in [-0.3, -0.25) is 15.6 Å². The lowest BCUT2D eigenvalue weighted by Crippen LogP contribution is -2.31. The molecular weight excluding hydrogens is 409 g/mol. The standard InChI is InChI=1S/C23H28FN7O/c1-30(23(32)20-8-4-5-9-22(20)31-16-25-28-29-31)14-6-2-3-7-19-15-21(27-26-19)17-10-12-18(24)13-11-17/h4-5,8-13,16,19,21,26-27H,2-3,6-7,14-15H2,1H3. The Balaban J connectivity index is 1.19. The number of nitrogens with zero attached hydrogens (tertiary/aromatic N) is 5. The number of nitrogens with one attached hydrogen (secondary N) is 2. The molecule has 9 heteroatoms. The minimum Gasteiger partial charge on any atom is -0.342 e. The van der Waals surface area contributed by atoms with Crippen molar-refractivity contribution < 1.29 is 9.18 Å². The van der Waals surface area contributed by atoms with Gasteiger partial charge in [0.1, 0.15) is 12.1 Å². The van der Waals surface area contributed by atoms with Crippen LogP contribution in [0.1, 0.15) is 54.1 Å². The van der Waals surface area contributed by atoms with E-state index in [1.165, 1.54) is 23.1 Å². The maximum Gasteiger partial charge on any atom is 0.255 e. The van der Waals surface area contributed by atoms with E-state index in [0.29, 0.717) is 23.8 Å². The third-order valence-corrected chi connectivity index (χ3v) is 5.88. The molecule has 0 bridgehead atoms. The number of tetrazole rings is 1. The highest BCUT2D eigenvalue weighted by molar-refractivity contribution is 5.97. The molecule has 0 radical (unpaired) electrons. The fraction of sp³-hybridized carbons (Fsp3) is 0.391. The summed E-state index contributed by atoms with van der Waals surface area (Å²) in [6.07, 6.45) is 6.60. The normalized spacial score (nSPS) is 18.1. The van der Waals surface area contributed by atoms with Gasteiger partial charge in [-0.25, -0.2) is 4.39 Å². The summed E-state index contributed by atoms with van der Waals surface area (Å²) in [5.74, 6) is -0.251. The summed E-state index contributed by atoms with van der Waals surface area (Å²) in [5.41, 5.74) is 9.01. The lowest BCUT2D eigenvalue weighted by molar-refractivity contribution is 0.0792. The highest BCUT2D eigenvalue weighted by Crippen LogP contribution is 2.24. The molecule has 2 atom stereocenters. The molecular formula is C23H28FN7O. The Labute approximate surface area is 186 Å². The van der Waals surface area contributed by atoms with E-state index in [4.69, 9.17) is 0 Å². The van der Waals surface area contributed by atoms with Crippen molar-refractivity contribution in [3.8, 4) is 5.69 Å². The lowest BCUT2D eigenvalue weighted by atomic mass is 9.99. The number of hydrogen-bond acceptors (Lipinski definition) is 6. The smallest absolute Gasteiger partial charge is 0.255 e. The second-order valence-electron chi connectivity index (χ2n) is 8.17. The van der Waals surface area contributed by atoms with Gasteiger partial charge >= 0.3 is 0 Å². The van der Waals surface area contributed by atoms with Gasteiger partial charge in [-0.1, -0.05) is 37.1 Å². The SMILES string of the molecule is CN(CCCCCC1CC(c2ccc(F)cc2)NN1)C(=O)c1ccccc1-n1cnnn1. The van der Waals surface area contributed by atoms with Crippen LogP contribution >= 0.6 is 0 Å². The van der Waals surface area contributed by atoms with Crippen LogP contribution in [-0.4, -0.2) is 50.6 Å². The molecule has 0 saturated carbocycles. The van der Waals surface area contributed by atoms with E-state index >= 15 is 0 Å². The van der Waals surface area contributed by atoms with E-state index in [9.17, 15) is 9.18 Å². The van der Waals surface area contributed by atoms with Gasteiger partial charge in [-0.15, -0.1) is 5.10 Å². The summed E-state index contributed by atoms with van der Waals surface area (Å²) in [4.78, 5) is 14.7. The molecule has 1 aromatic heterocycles. The van der Waals surface area contributed by atoms with Crippen molar-refractivity contribution in [3.63, 3.8) is 0 Å². The van der Waals surface area contributed by atoms with E-state index in [0.717, 1.165) is 37.7 Å². The Morgan fingerprint density at radius 2 is 1.94 bits per heavy atom. The molecule has 1 aliphatic heterocycles. The van der Waals surface area contributed by atoms with E-state index in [1.807, 2.05) is 37.4 Å². The third kappa shape index (κ3) is 5.35.